The highest BCUT2D eigenvalue weighted by atomic mass is 32.2. The van der Waals surface area contributed by atoms with E-state index in [0.29, 0.717) is 23.0 Å². The van der Waals surface area contributed by atoms with E-state index in [9.17, 15) is 13.2 Å². The second-order valence-electron chi connectivity index (χ2n) is 7.38. The van der Waals surface area contributed by atoms with Gasteiger partial charge in [-0.2, -0.15) is 4.98 Å². The number of aryl methyl sites for hydroxylation is 1. The van der Waals surface area contributed by atoms with Crippen molar-refractivity contribution in [2.75, 3.05) is 4.72 Å². The molecule has 30 heavy (non-hydrogen) atoms. The van der Waals surface area contributed by atoms with Gasteiger partial charge in [0.1, 0.15) is 5.54 Å². The molecule has 1 amide bonds. The quantitative estimate of drug-likeness (QED) is 0.625. The molecular formula is C21H22N4O4S. The van der Waals surface area contributed by atoms with Gasteiger partial charge in [0.15, 0.2) is 5.82 Å². The van der Waals surface area contributed by atoms with Gasteiger partial charge in [-0.3, -0.25) is 9.52 Å². The molecule has 1 aliphatic rings. The zero-order chi connectivity index (χ0) is 21.2. The number of benzene rings is 2. The number of anilines is 1. The Morgan fingerprint density at radius 3 is 2.30 bits per heavy atom. The number of nitrogens with zero attached hydrogens (tertiary/aromatic N) is 2. The molecule has 1 saturated carbocycles. The van der Waals surface area contributed by atoms with Crippen molar-refractivity contribution in [2.45, 2.75) is 43.0 Å². The molecule has 9 heteroatoms. The van der Waals surface area contributed by atoms with Gasteiger partial charge in [-0.05, 0) is 49.2 Å². The maximum absolute atomic E-state index is 12.9. The number of hydrogen-bond donors (Lipinski definition) is 2. The largest absolute Gasteiger partial charge is 0.340 e. The van der Waals surface area contributed by atoms with Crippen LogP contribution in [0.25, 0.3) is 0 Å². The second kappa shape index (κ2) is 7.91. The Balaban J connectivity index is 1.51. The number of aromatic nitrogens is 2. The third-order valence-corrected chi connectivity index (χ3v) is 6.62. The van der Waals surface area contributed by atoms with Crippen LogP contribution in [0.5, 0.6) is 0 Å². The average molecular weight is 426 g/mol. The van der Waals surface area contributed by atoms with Crippen molar-refractivity contribution in [3.05, 3.63) is 71.9 Å². The highest BCUT2D eigenvalue weighted by Gasteiger charge is 2.41. The Morgan fingerprint density at radius 1 is 1.03 bits per heavy atom. The van der Waals surface area contributed by atoms with Crippen molar-refractivity contribution in [1.29, 1.82) is 0 Å². The number of carbonyl (C=O) groups excluding carboxylic acids is 1. The summed E-state index contributed by atoms with van der Waals surface area (Å²) in [5, 5.41) is 7.06. The number of sulfonamides is 1. The lowest BCUT2D eigenvalue weighted by Crippen LogP contribution is -2.44. The Kier molecular flexibility index (Phi) is 5.29. The van der Waals surface area contributed by atoms with Gasteiger partial charge in [-0.25, -0.2) is 8.42 Å². The monoisotopic (exact) mass is 426 g/mol. The minimum absolute atomic E-state index is 0.0762. The van der Waals surface area contributed by atoms with E-state index >= 15 is 0 Å². The predicted molar refractivity (Wildman–Crippen MR) is 110 cm³/mol. The van der Waals surface area contributed by atoms with Gasteiger partial charge in [0.05, 0.1) is 4.90 Å². The number of hydrogen-bond acceptors (Lipinski definition) is 6. The first-order valence-corrected chi connectivity index (χ1v) is 11.2. The molecule has 1 heterocycles. The summed E-state index contributed by atoms with van der Waals surface area (Å²) in [5.41, 5.74) is 0.173. The van der Waals surface area contributed by atoms with Crippen LogP contribution < -0.4 is 10.0 Å². The molecule has 0 saturated heterocycles. The SMILES string of the molecule is Cc1nc(C2(NC(=O)c3ccc(S(=O)(=O)Nc4ccccc4)cc3)CCCC2)no1. The maximum atomic E-state index is 12.9. The smallest absolute Gasteiger partial charge is 0.261 e. The zero-order valence-corrected chi connectivity index (χ0v) is 17.3. The zero-order valence-electron chi connectivity index (χ0n) is 16.5. The fourth-order valence-corrected chi connectivity index (χ4v) is 4.73. The van der Waals surface area contributed by atoms with Crippen molar-refractivity contribution < 1.29 is 17.7 Å². The molecule has 8 nitrogen and oxygen atoms in total. The van der Waals surface area contributed by atoms with E-state index in [2.05, 4.69) is 20.2 Å². The van der Waals surface area contributed by atoms with Gasteiger partial charge < -0.3 is 9.84 Å². The summed E-state index contributed by atoms with van der Waals surface area (Å²) in [6.45, 7) is 1.71. The van der Waals surface area contributed by atoms with E-state index in [0.717, 1.165) is 25.7 Å². The molecule has 0 bridgehead atoms. The van der Waals surface area contributed by atoms with Crippen LogP contribution in [-0.4, -0.2) is 24.5 Å². The molecule has 3 aromatic rings. The molecule has 1 aliphatic carbocycles. The summed E-state index contributed by atoms with van der Waals surface area (Å²) in [5.74, 6) is 0.627. The minimum atomic E-state index is -3.74. The fraction of sp³-hybridized carbons (Fsp3) is 0.286. The number of para-hydroxylation sites is 1. The topological polar surface area (TPSA) is 114 Å². The lowest BCUT2D eigenvalue weighted by atomic mass is 9.96. The van der Waals surface area contributed by atoms with E-state index in [1.54, 1.807) is 37.3 Å². The summed E-state index contributed by atoms with van der Waals surface area (Å²) < 4.78 is 32.7. The summed E-state index contributed by atoms with van der Waals surface area (Å²) in [7, 11) is -3.74. The van der Waals surface area contributed by atoms with E-state index in [1.165, 1.54) is 24.3 Å². The molecule has 0 spiro atoms. The van der Waals surface area contributed by atoms with Crippen LogP contribution in [0.1, 0.15) is 47.8 Å². The molecule has 0 aliphatic heterocycles. The van der Waals surface area contributed by atoms with Crippen LogP contribution in [0.15, 0.2) is 64.0 Å². The summed E-state index contributed by atoms with van der Waals surface area (Å²) in [6, 6.07) is 14.5. The maximum Gasteiger partial charge on any atom is 0.261 e. The Bertz CT molecular complexity index is 1140. The summed E-state index contributed by atoms with van der Waals surface area (Å²) in [6.07, 6.45) is 3.36. The number of carbonyl (C=O) groups is 1. The summed E-state index contributed by atoms with van der Waals surface area (Å²) in [4.78, 5) is 17.3. The van der Waals surface area contributed by atoms with Crippen molar-refractivity contribution in [3.8, 4) is 0 Å². The van der Waals surface area contributed by atoms with E-state index in [4.69, 9.17) is 4.52 Å². The van der Waals surface area contributed by atoms with Crippen LogP contribution in [0.3, 0.4) is 0 Å². The van der Waals surface area contributed by atoms with Gasteiger partial charge >= 0.3 is 0 Å². The highest BCUT2D eigenvalue weighted by molar-refractivity contribution is 7.92. The molecule has 1 fully saturated rings. The van der Waals surface area contributed by atoms with E-state index in [1.807, 2.05) is 0 Å². The van der Waals surface area contributed by atoms with Crippen LogP contribution in [-0.2, 0) is 15.6 Å². The minimum Gasteiger partial charge on any atom is -0.340 e. The standard InChI is InChI=1S/C21H22N4O4S/c1-15-22-20(24-29-15)21(13-5-6-14-21)23-19(26)16-9-11-18(12-10-16)30(27,28)25-17-7-3-2-4-8-17/h2-4,7-12,25H,5-6,13-14H2,1H3,(H,23,26). The van der Waals surface area contributed by atoms with Crippen molar-refractivity contribution in [2.24, 2.45) is 0 Å². The van der Waals surface area contributed by atoms with Gasteiger partial charge in [0.25, 0.3) is 15.9 Å². The van der Waals surface area contributed by atoms with Gasteiger partial charge in [-0.1, -0.05) is 36.2 Å². The first-order valence-electron chi connectivity index (χ1n) is 9.69. The van der Waals surface area contributed by atoms with Crippen LogP contribution in [0.4, 0.5) is 5.69 Å². The molecule has 2 N–H and O–H groups in total. The van der Waals surface area contributed by atoms with Gasteiger partial charge in [0, 0.05) is 18.2 Å². The van der Waals surface area contributed by atoms with E-state index < -0.39 is 15.6 Å². The first-order chi connectivity index (χ1) is 14.4. The molecular weight excluding hydrogens is 404 g/mol. The molecule has 0 atom stereocenters. The third kappa shape index (κ3) is 4.06. The molecule has 2 aromatic carbocycles. The fourth-order valence-electron chi connectivity index (χ4n) is 3.67. The predicted octanol–water partition coefficient (Wildman–Crippen LogP) is 3.38. The normalized spacial score (nSPS) is 15.6. The highest BCUT2D eigenvalue weighted by Crippen LogP contribution is 2.37. The molecule has 0 radical (unpaired) electrons. The van der Waals surface area contributed by atoms with Crippen molar-refractivity contribution >= 4 is 21.6 Å². The lowest BCUT2D eigenvalue weighted by Gasteiger charge is -2.26. The van der Waals surface area contributed by atoms with E-state index in [-0.39, 0.29) is 10.8 Å². The first kappa shape index (κ1) is 20.1. The van der Waals surface area contributed by atoms with Crippen LogP contribution in [0.2, 0.25) is 0 Å². The number of rotatable bonds is 6. The number of amides is 1. The van der Waals surface area contributed by atoms with Crippen molar-refractivity contribution in [3.63, 3.8) is 0 Å². The summed E-state index contributed by atoms with van der Waals surface area (Å²) >= 11 is 0. The van der Waals surface area contributed by atoms with Crippen LogP contribution >= 0.6 is 0 Å². The van der Waals surface area contributed by atoms with Gasteiger partial charge in [-0.15, -0.1) is 0 Å². The molecule has 4 rings (SSSR count). The van der Waals surface area contributed by atoms with Crippen molar-refractivity contribution in [1.82, 2.24) is 15.5 Å². The Morgan fingerprint density at radius 2 is 1.70 bits per heavy atom. The van der Waals surface area contributed by atoms with Gasteiger partial charge in [0.2, 0.25) is 5.89 Å². The average Bonchev–Trinajstić information content (AvgIpc) is 3.38. The number of nitrogens with one attached hydrogen (secondary N) is 2. The lowest BCUT2D eigenvalue weighted by molar-refractivity contribution is 0.0892. The Labute approximate surface area is 174 Å². The second-order valence-corrected chi connectivity index (χ2v) is 9.06. The molecule has 0 unspecified atom stereocenters. The molecule has 156 valence electrons. The Hall–Kier alpha value is -3.20. The molecule has 1 aromatic heterocycles. The third-order valence-electron chi connectivity index (χ3n) is 5.22. The van der Waals surface area contributed by atoms with Crippen LogP contribution in [0, 0.1) is 6.92 Å².